The van der Waals surface area contributed by atoms with Crippen LogP contribution in [0.15, 0.2) is 17.4 Å². The Labute approximate surface area is 77.9 Å². The van der Waals surface area contributed by atoms with Gasteiger partial charge in [0.05, 0.1) is 12.2 Å². The van der Waals surface area contributed by atoms with Crippen LogP contribution < -0.4 is 11.0 Å². The molecule has 74 valence electrons. The summed E-state index contributed by atoms with van der Waals surface area (Å²) in [6.45, 7) is 0.00927. The molecule has 0 aliphatic carbocycles. The van der Waals surface area contributed by atoms with E-state index < -0.39 is 6.03 Å². The minimum Gasteiger partial charge on any atom is -0.297 e. The number of carbonyl (C=O) groups is 1. The van der Waals surface area contributed by atoms with Crippen LogP contribution in [0.1, 0.15) is 5.69 Å². The van der Waals surface area contributed by atoms with Crippen LogP contribution in [0.4, 0.5) is 4.79 Å². The zero-order chi connectivity index (χ0) is 10.4. The van der Waals surface area contributed by atoms with Crippen molar-refractivity contribution in [2.45, 2.75) is 6.54 Å². The van der Waals surface area contributed by atoms with Gasteiger partial charge in [0.1, 0.15) is 0 Å². The topological polar surface area (TPSA) is 128 Å². The lowest BCUT2D eigenvalue weighted by atomic mass is 10.4. The smallest absolute Gasteiger partial charge is 0.297 e. The Kier molecular flexibility index (Phi) is 3.44. The molecule has 14 heavy (non-hydrogen) atoms. The average molecular weight is 197 g/mol. The fraction of sp³-hybridized carbons (Fsp3) is 0.200. The highest BCUT2D eigenvalue weighted by Crippen LogP contribution is 2.00. The molecule has 1 aromatic rings. The molecule has 0 saturated carbocycles. The molecule has 0 bridgehead atoms. The highest BCUT2D eigenvalue weighted by Gasteiger charge is 2.08. The predicted molar refractivity (Wildman–Crippen MR) is 43.9 cm³/mol. The van der Waals surface area contributed by atoms with E-state index >= 15 is 0 Å². The number of amides is 1. The number of nitrogens with one attached hydrogen (secondary N) is 2. The Balaban J connectivity index is 2.80. The highest BCUT2D eigenvalue weighted by molar-refractivity contribution is 5.75. The molecule has 0 radical (unpaired) electrons. The van der Waals surface area contributed by atoms with E-state index in [0.29, 0.717) is 5.69 Å². The molecule has 0 spiro atoms. The fourth-order valence-electron chi connectivity index (χ4n) is 0.838. The summed E-state index contributed by atoms with van der Waals surface area (Å²) in [6.07, 6.45) is 1.37. The average Bonchev–Trinajstić information content (AvgIpc) is 2.63. The van der Waals surface area contributed by atoms with Gasteiger partial charge in [-0.2, -0.15) is 9.78 Å². The molecule has 0 aliphatic heterocycles. The largest absolute Gasteiger partial charge is 0.358 e. The molecule has 0 aliphatic rings. The normalized spacial score (nSPS) is 9.21. The lowest BCUT2D eigenvalue weighted by Crippen LogP contribution is -2.39. The van der Waals surface area contributed by atoms with Gasteiger partial charge in [-0.1, -0.05) is 5.11 Å². The third kappa shape index (κ3) is 2.20. The van der Waals surface area contributed by atoms with Gasteiger partial charge < -0.3 is 0 Å². The first kappa shape index (κ1) is 9.99. The maximum Gasteiger partial charge on any atom is 0.358 e. The molecule has 0 unspecified atom stereocenters. The number of hydrazine groups is 1. The van der Waals surface area contributed by atoms with Crippen LogP contribution in [-0.4, -0.2) is 21.0 Å². The second-order valence-corrected chi connectivity index (χ2v) is 2.17. The van der Waals surface area contributed by atoms with Crippen LogP contribution in [0.25, 0.3) is 10.4 Å². The van der Waals surface area contributed by atoms with Crippen molar-refractivity contribution in [1.82, 2.24) is 20.8 Å². The molecule has 0 atom stereocenters. The summed E-state index contributed by atoms with van der Waals surface area (Å²) in [5.41, 5.74) is 11.9. The van der Waals surface area contributed by atoms with Crippen LogP contribution >= 0.6 is 0 Å². The van der Waals surface area contributed by atoms with E-state index in [4.69, 9.17) is 10.7 Å². The molecule has 0 saturated heterocycles. The summed E-state index contributed by atoms with van der Waals surface area (Å²) in [4.78, 5) is 13.7. The number of hydrogen-bond donors (Lipinski definition) is 3. The standard InChI is InChI=1S/C5H7N7O2/c6-10-7-3-4-1-2-8-12(4)5(13)9-11-14/h1-2,11,14H,3H2,(H,9,13). The van der Waals surface area contributed by atoms with Crippen LogP contribution in [-0.2, 0) is 6.54 Å². The van der Waals surface area contributed by atoms with Gasteiger partial charge in [0, 0.05) is 11.1 Å². The summed E-state index contributed by atoms with van der Waals surface area (Å²) >= 11 is 0. The van der Waals surface area contributed by atoms with Gasteiger partial charge in [-0.15, -0.1) is 5.59 Å². The summed E-state index contributed by atoms with van der Waals surface area (Å²) in [5, 5.41) is 15.1. The Morgan fingerprint density at radius 1 is 1.86 bits per heavy atom. The van der Waals surface area contributed by atoms with E-state index in [0.717, 1.165) is 4.68 Å². The van der Waals surface area contributed by atoms with E-state index in [1.807, 2.05) is 5.43 Å². The molecular formula is C5H7N7O2. The van der Waals surface area contributed by atoms with E-state index in [1.165, 1.54) is 17.9 Å². The molecule has 1 amide bonds. The van der Waals surface area contributed by atoms with Crippen molar-refractivity contribution in [2.24, 2.45) is 5.11 Å². The predicted octanol–water partition coefficient (Wildman–Crippen LogP) is 0.145. The van der Waals surface area contributed by atoms with Gasteiger partial charge in [0.25, 0.3) is 0 Å². The van der Waals surface area contributed by atoms with Crippen LogP contribution in [0, 0.1) is 0 Å². The summed E-state index contributed by atoms with van der Waals surface area (Å²) in [7, 11) is 0. The summed E-state index contributed by atoms with van der Waals surface area (Å²) in [6, 6.07) is 0.840. The monoisotopic (exact) mass is 197 g/mol. The molecule has 9 nitrogen and oxygen atoms in total. The van der Waals surface area contributed by atoms with E-state index in [9.17, 15) is 4.79 Å². The number of azide groups is 1. The van der Waals surface area contributed by atoms with Crippen molar-refractivity contribution in [2.75, 3.05) is 0 Å². The number of carbonyl (C=O) groups excluding carboxylic acids is 1. The quantitative estimate of drug-likeness (QED) is 0.275. The SMILES string of the molecule is [N-]=[N+]=NCc1ccnn1C(=O)NNO. The van der Waals surface area contributed by atoms with Gasteiger partial charge in [-0.3, -0.25) is 5.21 Å². The maximum absolute atomic E-state index is 11.1. The van der Waals surface area contributed by atoms with Gasteiger partial charge >= 0.3 is 6.03 Å². The maximum atomic E-state index is 11.1. The first-order chi connectivity index (χ1) is 6.79. The molecule has 9 heteroatoms. The molecule has 0 fully saturated rings. The fourth-order valence-corrected chi connectivity index (χ4v) is 0.838. The van der Waals surface area contributed by atoms with Crippen molar-refractivity contribution < 1.29 is 10.0 Å². The van der Waals surface area contributed by atoms with Gasteiger partial charge in [0.15, 0.2) is 0 Å². The molecule has 1 heterocycles. The summed E-state index contributed by atoms with van der Waals surface area (Å²) in [5.74, 6) is 0. The molecule has 3 N–H and O–H groups in total. The van der Waals surface area contributed by atoms with Crippen LogP contribution in [0.3, 0.4) is 0 Å². The second-order valence-electron chi connectivity index (χ2n) is 2.17. The van der Waals surface area contributed by atoms with Crippen LogP contribution in [0.2, 0.25) is 0 Å². The van der Waals surface area contributed by atoms with E-state index in [1.54, 1.807) is 0 Å². The lowest BCUT2D eigenvalue weighted by molar-refractivity contribution is 0.125. The number of nitrogens with zero attached hydrogens (tertiary/aromatic N) is 5. The van der Waals surface area contributed by atoms with E-state index in [2.05, 4.69) is 15.1 Å². The Morgan fingerprint density at radius 3 is 3.29 bits per heavy atom. The second kappa shape index (κ2) is 4.82. The Bertz CT molecular complexity index is 366. The third-order valence-electron chi connectivity index (χ3n) is 1.37. The molecule has 0 aromatic carbocycles. The van der Waals surface area contributed by atoms with Gasteiger partial charge in [-0.05, 0) is 11.6 Å². The van der Waals surface area contributed by atoms with Crippen molar-refractivity contribution in [3.63, 3.8) is 0 Å². The zero-order valence-electron chi connectivity index (χ0n) is 6.95. The van der Waals surface area contributed by atoms with Crippen molar-refractivity contribution in [3.8, 4) is 0 Å². The van der Waals surface area contributed by atoms with Crippen molar-refractivity contribution in [1.29, 1.82) is 0 Å². The molecular weight excluding hydrogens is 190 g/mol. The molecule has 1 rings (SSSR count). The highest BCUT2D eigenvalue weighted by atomic mass is 16.5. The number of aromatic nitrogens is 2. The van der Waals surface area contributed by atoms with Crippen molar-refractivity contribution >= 4 is 6.03 Å². The van der Waals surface area contributed by atoms with E-state index in [-0.39, 0.29) is 6.54 Å². The van der Waals surface area contributed by atoms with Crippen molar-refractivity contribution in [3.05, 3.63) is 28.4 Å². The Morgan fingerprint density at radius 2 is 2.64 bits per heavy atom. The third-order valence-corrected chi connectivity index (χ3v) is 1.37. The zero-order valence-corrected chi connectivity index (χ0v) is 6.95. The first-order valence-electron chi connectivity index (χ1n) is 3.52. The van der Waals surface area contributed by atoms with Gasteiger partial charge in [0.2, 0.25) is 0 Å². The Hall–Kier alpha value is -2.09. The minimum atomic E-state index is -0.680. The van der Waals surface area contributed by atoms with Crippen LogP contribution in [0.5, 0.6) is 0 Å². The van der Waals surface area contributed by atoms with Gasteiger partial charge in [-0.25, -0.2) is 10.2 Å². The number of rotatable bonds is 3. The summed E-state index contributed by atoms with van der Waals surface area (Å²) < 4.78 is 0.956. The lowest BCUT2D eigenvalue weighted by Gasteiger charge is -2.03. The molecule has 1 aromatic heterocycles. The minimum absolute atomic E-state index is 0.00927. The number of hydrogen-bond acceptors (Lipinski definition) is 5. The first-order valence-corrected chi connectivity index (χ1v) is 3.52.